The second-order valence-corrected chi connectivity index (χ2v) is 5.91. The first-order chi connectivity index (χ1) is 9.90. The second-order valence-electron chi connectivity index (χ2n) is 4.23. The molecule has 0 saturated heterocycles. The Balaban J connectivity index is 2.31. The predicted molar refractivity (Wildman–Crippen MR) is 77.6 cm³/mol. The summed E-state index contributed by atoms with van der Waals surface area (Å²) in [5.41, 5.74) is 9.31. The Morgan fingerprint density at radius 1 is 1.19 bits per heavy atom. The molecule has 21 heavy (non-hydrogen) atoms. The smallest absolute Gasteiger partial charge is 0.263 e. The fourth-order valence-corrected chi connectivity index (χ4v) is 2.70. The highest BCUT2D eigenvalue weighted by Gasteiger charge is 2.15. The van der Waals surface area contributed by atoms with Gasteiger partial charge in [0.1, 0.15) is 11.6 Å². The number of benzene rings is 1. The van der Waals surface area contributed by atoms with E-state index in [1.54, 1.807) is 19.9 Å². The Morgan fingerprint density at radius 3 is 2.43 bits per heavy atom. The normalized spacial score (nSPS) is 10.8. The van der Waals surface area contributed by atoms with Crippen LogP contribution in [0.15, 0.2) is 40.3 Å². The van der Waals surface area contributed by atoms with E-state index < -0.39 is 10.0 Å². The van der Waals surface area contributed by atoms with Crippen LogP contribution in [0.4, 0.5) is 11.5 Å². The van der Waals surface area contributed by atoms with Crippen LogP contribution in [0.2, 0.25) is 0 Å². The lowest BCUT2D eigenvalue weighted by molar-refractivity contribution is 0.601. The number of sulfonamides is 1. The highest BCUT2D eigenvalue weighted by atomic mass is 32.2. The van der Waals surface area contributed by atoms with E-state index in [2.05, 4.69) is 24.7 Å². The van der Waals surface area contributed by atoms with Crippen LogP contribution < -0.4 is 4.72 Å². The zero-order valence-corrected chi connectivity index (χ0v) is 12.2. The maximum absolute atomic E-state index is 12.2. The van der Waals surface area contributed by atoms with E-state index in [1.807, 2.05) is 0 Å². The Hall–Kier alpha value is -2.64. The van der Waals surface area contributed by atoms with Gasteiger partial charge in [0.15, 0.2) is 0 Å². The summed E-state index contributed by atoms with van der Waals surface area (Å²) in [6.45, 7) is 3.43. The van der Waals surface area contributed by atoms with Gasteiger partial charge in [0.25, 0.3) is 10.0 Å². The molecule has 0 atom stereocenters. The highest BCUT2D eigenvalue weighted by molar-refractivity contribution is 7.92. The Morgan fingerprint density at radius 2 is 1.86 bits per heavy atom. The number of rotatable bonds is 4. The van der Waals surface area contributed by atoms with Gasteiger partial charge in [-0.05, 0) is 31.5 Å². The molecule has 2 aromatic rings. The molecule has 9 heteroatoms. The summed E-state index contributed by atoms with van der Waals surface area (Å²) in [6.07, 6.45) is 0. The van der Waals surface area contributed by atoms with Crippen molar-refractivity contribution in [2.75, 3.05) is 4.72 Å². The van der Waals surface area contributed by atoms with Gasteiger partial charge in [-0.1, -0.05) is 17.2 Å². The average molecular weight is 304 g/mol. The maximum atomic E-state index is 12.2. The van der Waals surface area contributed by atoms with E-state index >= 15 is 0 Å². The molecule has 0 aliphatic carbocycles. The molecule has 0 aliphatic rings. The van der Waals surface area contributed by atoms with Crippen molar-refractivity contribution in [3.05, 3.63) is 52.3 Å². The average Bonchev–Trinajstić information content (AvgIpc) is 2.38. The minimum Gasteiger partial charge on any atom is -0.263 e. The zero-order valence-electron chi connectivity index (χ0n) is 11.3. The molecule has 1 heterocycles. The van der Waals surface area contributed by atoms with Crippen molar-refractivity contribution >= 4 is 21.5 Å². The molecule has 108 valence electrons. The minimum atomic E-state index is -3.75. The third-order valence-electron chi connectivity index (χ3n) is 2.51. The van der Waals surface area contributed by atoms with Gasteiger partial charge in [-0.15, -0.1) is 0 Å². The van der Waals surface area contributed by atoms with Gasteiger partial charge in [0, 0.05) is 22.4 Å². The number of azide groups is 1. The first-order valence-electron chi connectivity index (χ1n) is 5.91. The summed E-state index contributed by atoms with van der Waals surface area (Å²) in [5, 5.41) is 3.38. The third-order valence-corrected chi connectivity index (χ3v) is 3.88. The summed E-state index contributed by atoms with van der Waals surface area (Å²) >= 11 is 0. The lowest BCUT2D eigenvalue weighted by atomic mass is 10.3. The van der Waals surface area contributed by atoms with Crippen LogP contribution in [-0.4, -0.2) is 18.4 Å². The number of hydrogen-bond acceptors (Lipinski definition) is 5. The Kier molecular flexibility index (Phi) is 4.06. The summed E-state index contributed by atoms with van der Waals surface area (Å²) in [7, 11) is -3.75. The molecule has 0 spiro atoms. The van der Waals surface area contributed by atoms with Crippen LogP contribution >= 0.6 is 0 Å². The van der Waals surface area contributed by atoms with Crippen LogP contribution in [0.1, 0.15) is 11.5 Å². The molecule has 0 fully saturated rings. The standard InChI is InChI=1S/C12H12N6O2S/c1-8-7-12(15-9(2)14-8)17-21(19,20)11-5-3-10(4-6-11)16-18-13/h3-7H,1-2H3,(H,14,15,17). The molecule has 1 N–H and O–H groups in total. The number of anilines is 1. The Labute approximate surface area is 121 Å². The predicted octanol–water partition coefficient (Wildman–Crippen LogP) is 2.84. The number of nitrogens with one attached hydrogen (secondary N) is 1. The van der Waals surface area contributed by atoms with E-state index in [9.17, 15) is 8.42 Å². The monoisotopic (exact) mass is 304 g/mol. The highest BCUT2D eigenvalue weighted by Crippen LogP contribution is 2.19. The SMILES string of the molecule is Cc1cc(NS(=O)(=O)c2ccc(N=[N+]=[N-])cc2)nc(C)n1. The van der Waals surface area contributed by atoms with Crippen LogP contribution in [0.25, 0.3) is 10.4 Å². The number of aromatic nitrogens is 2. The molecular formula is C12H12N6O2S. The van der Waals surface area contributed by atoms with Crippen molar-refractivity contribution in [1.82, 2.24) is 9.97 Å². The van der Waals surface area contributed by atoms with Crippen LogP contribution in [0.3, 0.4) is 0 Å². The van der Waals surface area contributed by atoms with E-state index in [0.717, 1.165) is 0 Å². The number of aryl methyl sites for hydroxylation is 2. The largest absolute Gasteiger partial charge is 0.263 e. The fourth-order valence-electron chi connectivity index (χ4n) is 1.71. The van der Waals surface area contributed by atoms with Gasteiger partial charge < -0.3 is 0 Å². The minimum absolute atomic E-state index is 0.0494. The summed E-state index contributed by atoms with van der Waals surface area (Å²) in [6, 6.07) is 7.09. The molecule has 0 amide bonds. The van der Waals surface area contributed by atoms with Gasteiger partial charge >= 0.3 is 0 Å². The van der Waals surface area contributed by atoms with Crippen molar-refractivity contribution in [2.45, 2.75) is 18.7 Å². The van der Waals surface area contributed by atoms with Gasteiger partial charge in [-0.2, -0.15) is 0 Å². The fraction of sp³-hybridized carbons (Fsp3) is 0.167. The molecule has 1 aromatic carbocycles. The van der Waals surface area contributed by atoms with Crippen molar-refractivity contribution in [2.24, 2.45) is 5.11 Å². The van der Waals surface area contributed by atoms with Crippen LogP contribution in [0.5, 0.6) is 0 Å². The van der Waals surface area contributed by atoms with Crippen molar-refractivity contribution in [3.8, 4) is 0 Å². The molecule has 1 aromatic heterocycles. The summed E-state index contributed by atoms with van der Waals surface area (Å²) < 4.78 is 26.8. The number of hydrogen-bond donors (Lipinski definition) is 1. The molecule has 0 aliphatic heterocycles. The van der Waals surface area contributed by atoms with Gasteiger partial charge in [0.2, 0.25) is 0 Å². The van der Waals surface area contributed by atoms with Crippen LogP contribution in [-0.2, 0) is 10.0 Å². The molecular weight excluding hydrogens is 292 g/mol. The molecule has 8 nitrogen and oxygen atoms in total. The van der Waals surface area contributed by atoms with E-state index in [0.29, 0.717) is 17.2 Å². The lowest BCUT2D eigenvalue weighted by Crippen LogP contribution is -2.14. The molecule has 0 unspecified atom stereocenters. The lowest BCUT2D eigenvalue weighted by Gasteiger charge is -2.08. The van der Waals surface area contributed by atoms with Gasteiger partial charge in [-0.25, -0.2) is 18.4 Å². The second kappa shape index (κ2) is 5.78. The summed E-state index contributed by atoms with van der Waals surface area (Å²) in [4.78, 5) is 10.8. The van der Waals surface area contributed by atoms with Crippen molar-refractivity contribution in [1.29, 1.82) is 0 Å². The molecule has 0 radical (unpaired) electrons. The van der Waals surface area contributed by atoms with Crippen molar-refractivity contribution in [3.63, 3.8) is 0 Å². The van der Waals surface area contributed by atoms with Gasteiger partial charge in [-0.3, -0.25) is 4.72 Å². The maximum Gasteiger partial charge on any atom is 0.263 e. The van der Waals surface area contributed by atoms with E-state index in [4.69, 9.17) is 5.53 Å². The molecule has 2 rings (SSSR count). The first kappa shape index (κ1) is 14.8. The Bertz CT molecular complexity index is 790. The first-order valence-corrected chi connectivity index (χ1v) is 7.39. The third kappa shape index (κ3) is 3.68. The quantitative estimate of drug-likeness (QED) is 0.530. The van der Waals surface area contributed by atoms with Gasteiger partial charge in [0.05, 0.1) is 4.90 Å². The number of nitrogens with zero attached hydrogens (tertiary/aromatic N) is 5. The zero-order chi connectivity index (χ0) is 15.5. The summed E-state index contributed by atoms with van der Waals surface area (Å²) in [5.74, 6) is 0.686. The van der Waals surface area contributed by atoms with E-state index in [1.165, 1.54) is 24.3 Å². The van der Waals surface area contributed by atoms with Crippen molar-refractivity contribution < 1.29 is 8.42 Å². The molecule has 0 bridgehead atoms. The van der Waals surface area contributed by atoms with Crippen LogP contribution in [0, 0.1) is 13.8 Å². The molecule has 0 saturated carbocycles. The topological polar surface area (TPSA) is 121 Å². The van der Waals surface area contributed by atoms with E-state index in [-0.39, 0.29) is 10.7 Å².